The molecule has 0 heterocycles. The molecule has 0 aromatic rings. The van der Waals surface area contributed by atoms with Crippen LogP contribution in [0.1, 0.15) is 0 Å². The van der Waals surface area contributed by atoms with Crippen LogP contribution in [0, 0.1) is 0 Å². The third kappa shape index (κ3) is 56.2. The van der Waals surface area contributed by atoms with Crippen molar-refractivity contribution < 1.29 is 0 Å². The Hall–Kier alpha value is 0.830. The molecule has 0 bridgehead atoms. The van der Waals surface area contributed by atoms with Crippen LogP contribution in [0.5, 0.6) is 0 Å². The number of rotatable bonds is 0. The van der Waals surface area contributed by atoms with Crippen LogP contribution in [-0.4, -0.2) is 7.05 Å². The van der Waals surface area contributed by atoms with Crippen molar-refractivity contribution in [3.8, 4) is 0 Å². The summed E-state index contributed by atoms with van der Waals surface area (Å²) < 4.78 is 0. The molecule has 0 saturated carbocycles. The summed E-state index contributed by atoms with van der Waals surface area (Å²) in [5, 5.41) is 0. The minimum atomic E-state index is 0. The van der Waals surface area contributed by atoms with E-state index in [9.17, 15) is 0 Å². The van der Waals surface area contributed by atoms with Crippen molar-refractivity contribution >= 4 is 37.2 Å². The molecule has 0 unspecified atom stereocenters. The first-order valence-corrected chi connectivity index (χ1v) is 0.577. The molecule has 0 aromatic carbocycles. The summed E-state index contributed by atoms with van der Waals surface area (Å²) in [4.78, 5) is 0. The van der Waals surface area contributed by atoms with Gasteiger partial charge in [-0.15, -0.1) is 37.2 Å². The van der Waals surface area contributed by atoms with Gasteiger partial charge >= 0.3 is 0 Å². The van der Waals surface area contributed by atoms with Crippen LogP contribution >= 0.6 is 37.2 Å². The highest BCUT2D eigenvalue weighted by atomic mass is 35.5. The fourth-order valence-corrected chi connectivity index (χ4v) is 0. The van der Waals surface area contributed by atoms with Gasteiger partial charge in [0.15, 0.2) is 0 Å². The largest absolute Gasteiger partial charge is 0.333 e. The summed E-state index contributed by atoms with van der Waals surface area (Å²) in [5.41, 5.74) is 4.50. The van der Waals surface area contributed by atoms with Crippen LogP contribution < -0.4 is 5.73 Å². The van der Waals surface area contributed by atoms with E-state index in [1.54, 1.807) is 0 Å². The standard InChI is InChI=1S/CH5N.3ClH/c1-2;;;/h2H2,1H3;3*1H. The monoisotopic (exact) mass is 139 g/mol. The molecule has 0 fully saturated rings. The second kappa shape index (κ2) is 103. The molecule has 0 aliphatic carbocycles. The summed E-state index contributed by atoms with van der Waals surface area (Å²) in [6, 6.07) is 0. The van der Waals surface area contributed by atoms with Crippen LogP contribution in [0.2, 0.25) is 0 Å². The Morgan fingerprint density at radius 1 is 0.800 bits per heavy atom. The van der Waals surface area contributed by atoms with Crippen molar-refractivity contribution in [2.45, 2.75) is 0 Å². The van der Waals surface area contributed by atoms with Gasteiger partial charge < -0.3 is 5.73 Å². The average Bonchev–Trinajstić information content (AvgIpc) is 1.00. The molecule has 1 nitrogen and oxygen atoms in total. The predicted molar refractivity (Wildman–Crippen MR) is 31.9 cm³/mol. The quantitative estimate of drug-likeness (QED) is 0.530. The lowest BCUT2D eigenvalue weighted by Crippen LogP contribution is -1.69. The third-order valence-corrected chi connectivity index (χ3v) is 0. The van der Waals surface area contributed by atoms with Crippen LogP contribution in [0.15, 0.2) is 0 Å². The van der Waals surface area contributed by atoms with Crippen molar-refractivity contribution in [2.75, 3.05) is 7.05 Å². The molecule has 0 aliphatic rings. The van der Waals surface area contributed by atoms with Gasteiger partial charge in [0, 0.05) is 0 Å². The predicted octanol–water partition coefficient (Wildman–Crippen LogP) is 0.840. The van der Waals surface area contributed by atoms with Gasteiger partial charge in [0.05, 0.1) is 0 Å². The minimum Gasteiger partial charge on any atom is -0.333 e. The van der Waals surface area contributed by atoms with Gasteiger partial charge in [0.2, 0.25) is 0 Å². The summed E-state index contributed by atoms with van der Waals surface area (Å²) >= 11 is 0. The van der Waals surface area contributed by atoms with Crippen LogP contribution in [0.25, 0.3) is 0 Å². The van der Waals surface area contributed by atoms with E-state index in [-0.39, 0.29) is 37.2 Å². The maximum absolute atomic E-state index is 4.50. The first-order chi connectivity index (χ1) is 1.00. The Labute approximate surface area is 50.5 Å². The highest BCUT2D eigenvalue weighted by Gasteiger charge is 0.836. The van der Waals surface area contributed by atoms with Crippen molar-refractivity contribution in [2.24, 2.45) is 5.73 Å². The molecule has 0 atom stereocenters. The molecular formula is CH8Cl3N. The molecule has 38 valence electrons. The maximum Gasteiger partial charge on any atom is -0.0195 e. The Bertz CT molecular complexity index is 6.85. The fourth-order valence-electron chi connectivity index (χ4n) is 0. The zero-order valence-corrected chi connectivity index (χ0v) is 5.25. The van der Waals surface area contributed by atoms with Gasteiger partial charge in [-0.05, 0) is 7.05 Å². The van der Waals surface area contributed by atoms with Crippen molar-refractivity contribution in [3.05, 3.63) is 0 Å². The van der Waals surface area contributed by atoms with Gasteiger partial charge in [-0.3, -0.25) is 0 Å². The molecule has 4 heteroatoms. The molecule has 0 aliphatic heterocycles. The second-order valence-electron chi connectivity index (χ2n) is 0. The van der Waals surface area contributed by atoms with Crippen LogP contribution in [0.4, 0.5) is 0 Å². The lowest BCUT2D eigenvalue weighted by Gasteiger charge is -1.19. The molecule has 0 radical (unpaired) electrons. The van der Waals surface area contributed by atoms with E-state index in [0.29, 0.717) is 0 Å². The van der Waals surface area contributed by atoms with Crippen LogP contribution in [0.3, 0.4) is 0 Å². The first-order valence-electron chi connectivity index (χ1n) is 0.577. The summed E-state index contributed by atoms with van der Waals surface area (Å²) in [6.45, 7) is 0. The molecular weight excluding hydrogens is 132 g/mol. The van der Waals surface area contributed by atoms with E-state index in [1.165, 1.54) is 7.05 Å². The van der Waals surface area contributed by atoms with Crippen molar-refractivity contribution in [1.29, 1.82) is 0 Å². The normalized spacial score (nSPS) is 1.20. The van der Waals surface area contributed by atoms with Gasteiger partial charge in [0.1, 0.15) is 0 Å². The van der Waals surface area contributed by atoms with E-state index < -0.39 is 0 Å². The number of nitrogens with two attached hydrogens (primary N) is 1. The van der Waals surface area contributed by atoms with Gasteiger partial charge in [-0.25, -0.2) is 0 Å². The molecule has 0 amide bonds. The lowest BCUT2D eigenvalue weighted by atomic mass is 11.6. The SMILES string of the molecule is CN.Cl.Cl.Cl. The highest BCUT2D eigenvalue weighted by molar-refractivity contribution is 5.86. The molecule has 2 N–H and O–H groups in total. The molecule has 0 aromatic heterocycles. The zero-order chi connectivity index (χ0) is 2.00. The Balaban J connectivity index is -0.00000000167. The number of halogens is 3. The summed E-state index contributed by atoms with van der Waals surface area (Å²) in [5.74, 6) is 0. The molecule has 0 saturated heterocycles. The summed E-state index contributed by atoms with van der Waals surface area (Å²) in [6.07, 6.45) is 0. The molecule has 5 heavy (non-hydrogen) atoms. The van der Waals surface area contributed by atoms with E-state index in [1.807, 2.05) is 0 Å². The number of hydrogen-bond donors (Lipinski definition) is 1. The minimum absolute atomic E-state index is 0. The zero-order valence-electron chi connectivity index (χ0n) is 2.80. The smallest absolute Gasteiger partial charge is 0.0195 e. The van der Waals surface area contributed by atoms with Gasteiger partial charge in [0.25, 0.3) is 0 Å². The maximum atomic E-state index is 4.50. The fraction of sp³-hybridized carbons (Fsp3) is 1.00. The molecule has 0 rings (SSSR count). The summed E-state index contributed by atoms with van der Waals surface area (Å²) in [7, 11) is 1.50. The average molecular weight is 140 g/mol. The Morgan fingerprint density at radius 3 is 0.800 bits per heavy atom. The number of hydrogen-bond acceptors (Lipinski definition) is 1. The van der Waals surface area contributed by atoms with E-state index in [0.717, 1.165) is 0 Å². The van der Waals surface area contributed by atoms with E-state index in [4.69, 9.17) is 0 Å². The second-order valence-corrected chi connectivity index (χ2v) is 0. The molecule has 0 spiro atoms. The first kappa shape index (κ1) is 40.6. The van der Waals surface area contributed by atoms with Crippen LogP contribution in [-0.2, 0) is 0 Å². The highest BCUT2D eigenvalue weighted by Crippen LogP contribution is 0.692. The van der Waals surface area contributed by atoms with Crippen molar-refractivity contribution in [1.82, 2.24) is 0 Å². The van der Waals surface area contributed by atoms with E-state index >= 15 is 0 Å². The van der Waals surface area contributed by atoms with Gasteiger partial charge in [-0.2, -0.15) is 0 Å². The van der Waals surface area contributed by atoms with E-state index in [2.05, 4.69) is 5.73 Å². The third-order valence-electron chi connectivity index (χ3n) is 0. The van der Waals surface area contributed by atoms with Crippen molar-refractivity contribution in [3.63, 3.8) is 0 Å². The topological polar surface area (TPSA) is 26.0 Å². The Kier molecular flexibility index (Phi) is 835. The van der Waals surface area contributed by atoms with Gasteiger partial charge in [-0.1, -0.05) is 0 Å². The Morgan fingerprint density at radius 2 is 0.800 bits per heavy atom. The lowest BCUT2D eigenvalue weighted by molar-refractivity contribution is 1.48.